The van der Waals surface area contributed by atoms with Crippen molar-refractivity contribution >= 4 is 21.7 Å². The number of rotatable bonds is 2. The van der Waals surface area contributed by atoms with Gasteiger partial charge in [0.25, 0.3) is 0 Å². The number of hydrogen-bond acceptors (Lipinski definition) is 4. The highest BCUT2D eigenvalue weighted by Crippen LogP contribution is 2.45. The molecule has 1 saturated heterocycles. The standard InChI is InChI=1S/C19H20BrN5/c1-25-8-6-12(7-9-25)18-14(10-21)17(13-4-2-3-5-16(13)20)15-11-22-24-19(15)23-18/h2-5,11-12,17H,6-9H2,1H3,(H2,22,23,24). The fourth-order valence-electron chi connectivity index (χ4n) is 3.90. The van der Waals surface area contributed by atoms with E-state index >= 15 is 0 Å². The van der Waals surface area contributed by atoms with E-state index in [-0.39, 0.29) is 5.92 Å². The molecule has 0 radical (unpaired) electrons. The maximum atomic E-state index is 10.0. The molecule has 2 aliphatic rings. The summed E-state index contributed by atoms with van der Waals surface area (Å²) in [6.07, 6.45) is 3.96. The number of fused-ring (bicyclic) bond motifs is 1. The summed E-state index contributed by atoms with van der Waals surface area (Å²) in [5.41, 5.74) is 4.01. The van der Waals surface area contributed by atoms with Crippen molar-refractivity contribution < 1.29 is 0 Å². The summed E-state index contributed by atoms with van der Waals surface area (Å²) >= 11 is 3.66. The Kier molecular flexibility index (Phi) is 4.36. The van der Waals surface area contributed by atoms with E-state index in [1.54, 1.807) is 0 Å². The molecule has 1 unspecified atom stereocenters. The fraction of sp³-hybridized carbons (Fsp3) is 0.368. The van der Waals surface area contributed by atoms with Crippen molar-refractivity contribution in [3.8, 4) is 6.07 Å². The van der Waals surface area contributed by atoms with Crippen LogP contribution in [0.2, 0.25) is 0 Å². The van der Waals surface area contributed by atoms with Crippen LogP contribution in [0.15, 0.2) is 46.2 Å². The first-order chi connectivity index (χ1) is 12.2. The second kappa shape index (κ2) is 6.66. The number of hydrogen-bond donors (Lipinski definition) is 2. The zero-order chi connectivity index (χ0) is 17.4. The van der Waals surface area contributed by atoms with Crippen LogP contribution >= 0.6 is 15.9 Å². The number of allylic oxidation sites excluding steroid dienone is 2. The molecule has 0 bridgehead atoms. The van der Waals surface area contributed by atoms with Crippen molar-refractivity contribution in [2.24, 2.45) is 5.92 Å². The predicted octanol–water partition coefficient (Wildman–Crippen LogP) is 3.85. The molecule has 2 N–H and O–H groups in total. The molecule has 2 aliphatic heterocycles. The molecule has 0 aliphatic carbocycles. The van der Waals surface area contributed by atoms with Crippen LogP contribution in [0.1, 0.15) is 29.9 Å². The third-order valence-electron chi connectivity index (χ3n) is 5.28. The van der Waals surface area contributed by atoms with Crippen LogP contribution in [0.4, 0.5) is 5.82 Å². The summed E-state index contributed by atoms with van der Waals surface area (Å²) in [6, 6.07) is 10.6. The molecule has 3 heterocycles. The third-order valence-corrected chi connectivity index (χ3v) is 6.00. The Morgan fingerprint density at radius 3 is 2.72 bits per heavy atom. The number of piperidine rings is 1. The number of nitrogens with one attached hydrogen (secondary N) is 2. The van der Waals surface area contributed by atoms with Gasteiger partial charge < -0.3 is 10.2 Å². The number of nitriles is 1. The number of aromatic amines is 1. The average molecular weight is 398 g/mol. The van der Waals surface area contributed by atoms with Crippen molar-refractivity contribution in [1.29, 1.82) is 5.26 Å². The maximum Gasteiger partial charge on any atom is 0.129 e. The van der Waals surface area contributed by atoms with Gasteiger partial charge in [-0.05, 0) is 44.6 Å². The molecule has 5 nitrogen and oxygen atoms in total. The summed E-state index contributed by atoms with van der Waals surface area (Å²) in [6.45, 7) is 2.12. The van der Waals surface area contributed by atoms with E-state index < -0.39 is 0 Å². The van der Waals surface area contributed by atoms with Crippen molar-refractivity contribution in [1.82, 2.24) is 15.1 Å². The van der Waals surface area contributed by atoms with Crippen LogP contribution in [-0.4, -0.2) is 35.2 Å². The van der Waals surface area contributed by atoms with Crippen LogP contribution in [0.25, 0.3) is 0 Å². The summed E-state index contributed by atoms with van der Waals surface area (Å²) < 4.78 is 1.02. The smallest absolute Gasteiger partial charge is 0.129 e. The highest BCUT2D eigenvalue weighted by molar-refractivity contribution is 9.10. The third kappa shape index (κ3) is 2.88. The Morgan fingerprint density at radius 2 is 2.00 bits per heavy atom. The second-order valence-corrected chi connectivity index (χ2v) is 7.65. The number of halogens is 1. The molecule has 0 saturated carbocycles. The molecule has 1 aromatic heterocycles. The molecule has 1 aromatic carbocycles. The van der Waals surface area contributed by atoms with Crippen LogP contribution in [0.3, 0.4) is 0 Å². The van der Waals surface area contributed by atoms with Crippen molar-refractivity contribution in [2.45, 2.75) is 18.8 Å². The minimum Gasteiger partial charge on any atom is -0.343 e. The van der Waals surface area contributed by atoms with Gasteiger partial charge in [0, 0.05) is 21.7 Å². The van der Waals surface area contributed by atoms with Crippen LogP contribution in [0.5, 0.6) is 0 Å². The van der Waals surface area contributed by atoms with E-state index in [2.05, 4.69) is 55.5 Å². The summed E-state index contributed by atoms with van der Waals surface area (Å²) in [4.78, 5) is 2.35. The number of nitrogens with zero attached hydrogens (tertiary/aromatic N) is 3. The molecule has 0 spiro atoms. The summed E-state index contributed by atoms with van der Waals surface area (Å²) in [5, 5.41) is 20.8. The largest absolute Gasteiger partial charge is 0.343 e. The highest BCUT2D eigenvalue weighted by atomic mass is 79.9. The van der Waals surface area contributed by atoms with Gasteiger partial charge in [-0.3, -0.25) is 5.10 Å². The highest BCUT2D eigenvalue weighted by Gasteiger charge is 2.35. The molecular formula is C19H20BrN5. The normalized spacial score (nSPS) is 21.6. The Bertz CT molecular complexity index is 855. The van der Waals surface area contributed by atoms with Gasteiger partial charge in [-0.15, -0.1) is 0 Å². The van der Waals surface area contributed by atoms with Gasteiger partial charge in [-0.25, -0.2) is 0 Å². The minimum absolute atomic E-state index is 0.0924. The van der Waals surface area contributed by atoms with E-state index in [9.17, 15) is 5.26 Å². The lowest BCUT2D eigenvalue weighted by molar-refractivity contribution is 0.238. The summed E-state index contributed by atoms with van der Waals surface area (Å²) in [7, 11) is 2.15. The minimum atomic E-state index is -0.0924. The number of likely N-dealkylation sites (tertiary alicyclic amines) is 1. The fourth-order valence-corrected chi connectivity index (χ4v) is 4.42. The molecule has 6 heteroatoms. The molecule has 1 fully saturated rings. The molecule has 4 rings (SSSR count). The second-order valence-electron chi connectivity index (χ2n) is 6.80. The van der Waals surface area contributed by atoms with Gasteiger partial charge in [-0.1, -0.05) is 34.1 Å². The lowest BCUT2D eigenvalue weighted by Gasteiger charge is -2.35. The van der Waals surface area contributed by atoms with Crippen molar-refractivity contribution in [3.63, 3.8) is 0 Å². The number of benzene rings is 1. The molecule has 128 valence electrons. The molecule has 1 atom stereocenters. The van der Waals surface area contributed by atoms with Gasteiger partial charge in [0.05, 0.1) is 23.8 Å². The zero-order valence-corrected chi connectivity index (χ0v) is 15.7. The first-order valence-corrected chi connectivity index (χ1v) is 9.35. The topological polar surface area (TPSA) is 67.7 Å². The number of anilines is 1. The summed E-state index contributed by atoms with van der Waals surface area (Å²) in [5.74, 6) is 1.20. The Labute approximate surface area is 155 Å². The van der Waals surface area contributed by atoms with Gasteiger partial charge in [0.15, 0.2) is 0 Å². The maximum absolute atomic E-state index is 10.0. The number of H-pyrrole nitrogens is 1. The van der Waals surface area contributed by atoms with Crippen LogP contribution in [-0.2, 0) is 0 Å². The molecule has 0 amide bonds. The Balaban J connectivity index is 1.83. The van der Waals surface area contributed by atoms with Crippen molar-refractivity contribution in [3.05, 3.63) is 57.3 Å². The first kappa shape index (κ1) is 16.4. The van der Waals surface area contributed by atoms with Gasteiger partial charge in [0.1, 0.15) is 5.82 Å². The quantitative estimate of drug-likeness (QED) is 0.807. The predicted molar refractivity (Wildman–Crippen MR) is 101 cm³/mol. The van der Waals surface area contributed by atoms with E-state index in [1.807, 2.05) is 24.4 Å². The van der Waals surface area contributed by atoms with Gasteiger partial charge >= 0.3 is 0 Å². The van der Waals surface area contributed by atoms with Crippen molar-refractivity contribution in [2.75, 3.05) is 25.5 Å². The Hall–Kier alpha value is -2.10. The lowest BCUT2D eigenvalue weighted by Crippen LogP contribution is -2.34. The lowest BCUT2D eigenvalue weighted by atomic mass is 9.79. The van der Waals surface area contributed by atoms with Gasteiger partial charge in [-0.2, -0.15) is 10.4 Å². The van der Waals surface area contributed by atoms with Crippen LogP contribution in [0, 0.1) is 17.2 Å². The monoisotopic (exact) mass is 397 g/mol. The molecule has 25 heavy (non-hydrogen) atoms. The van der Waals surface area contributed by atoms with E-state index in [4.69, 9.17) is 0 Å². The van der Waals surface area contributed by atoms with Crippen LogP contribution < -0.4 is 5.32 Å². The first-order valence-electron chi connectivity index (χ1n) is 8.56. The Morgan fingerprint density at radius 1 is 1.24 bits per heavy atom. The van der Waals surface area contributed by atoms with E-state index in [1.165, 1.54) is 0 Å². The van der Waals surface area contributed by atoms with E-state index in [0.29, 0.717) is 5.92 Å². The molecule has 2 aromatic rings. The van der Waals surface area contributed by atoms with E-state index in [0.717, 1.165) is 58.6 Å². The average Bonchev–Trinajstić information content (AvgIpc) is 3.10. The molecular weight excluding hydrogens is 378 g/mol. The SMILES string of the molecule is CN1CCC(C2=C(C#N)C(c3ccccc3Br)c3cn[nH]c3N2)CC1. The zero-order valence-electron chi connectivity index (χ0n) is 14.1. The number of aromatic nitrogens is 2. The van der Waals surface area contributed by atoms with Gasteiger partial charge in [0.2, 0.25) is 0 Å².